The minimum absolute atomic E-state index is 0.181. The second-order valence-electron chi connectivity index (χ2n) is 5.49. The Balaban J connectivity index is 2.39. The summed E-state index contributed by atoms with van der Waals surface area (Å²) in [6.07, 6.45) is -0.232. The second-order valence-corrected chi connectivity index (χ2v) is 5.49. The van der Waals surface area contributed by atoms with E-state index in [1.807, 2.05) is 0 Å². The molecule has 0 aliphatic heterocycles. The highest BCUT2D eigenvalue weighted by Gasteiger charge is 2.40. The van der Waals surface area contributed by atoms with Crippen molar-refractivity contribution in [1.82, 2.24) is 0 Å². The van der Waals surface area contributed by atoms with Gasteiger partial charge >= 0.3 is 6.18 Å². The van der Waals surface area contributed by atoms with Crippen LogP contribution in [0.5, 0.6) is 0 Å². The Morgan fingerprint density at radius 3 is 2.26 bits per heavy atom. The van der Waals surface area contributed by atoms with Crippen LogP contribution in [0.2, 0.25) is 0 Å². The summed E-state index contributed by atoms with van der Waals surface area (Å²) in [5.74, 6) is -0.361. The lowest BCUT2D eigenvalue weighted by atomic mass is 9.70. The predicted octanol–water partition coefficient (Wildman–Crippen LogP) is 4.86. The minimum Gasteiger partial charge on any atom is -0.294 e. The van der Waals surface area contributed by atoms with Crippen molar-refractivity contribution in [2.45, 2.75) is 45.2 Å². The summed E-state index contributed by atoms with van der Waals surface area (Å²) in [5.41, 5.74) is -1.63. The van der Waals surface area contributed by atoms with Crippen molar-refractivity contribution in [3.8, 4) is 0 Å². The molecule has 0 saturated heterocycles. The molecule has 0 heterocycles. The lowest BCUT2D eigenvalue weighted by Crippen LogP contribution is -2.31. The maximum atomic E-state index is 12.9. The van der Waals surface area contributed by atoms with E-state index in [1.165, 1.54) is 18.2 Å². The number of rotatable bonds is 2. The first-order chi connectivity index (χ1) is 8.84. The third-order valence-electron chi connectivity index (χ3n) is 3.98. The Hall–Kier alpha value is -1.32. The number of halogens is 3. The quantitative estimate of drug-likeness (QED) is 0.701. The second kappa shape index (κ2) is 4.99. The molecule has 1 aromatic rings. The van der Waals surface area contributed by atoms with Crippen LogP contribution in [0.25, 0.3) is 0 Å². The number of hydrogen-bond donors (Lipinski definition) is 0. The molecular formula is C15H17F3O. The number of Topliss-reactive ketones (excluding diaryl/α,β-unsaturated/α-hetero) is 1. The molecule has 0 atom stereocenters. The van der Waals surface area contributed by atoms with Crippen LogP contribution in [-0.4, -0.2) is 5.78 Å². The molecule has 0 radical (unpaired) electrons. The Morgan fingerprint density at radius 2 is 1.68 bits per heavy atom. The third kappa shape index (κ3) is 2.82. The standard InChI is InChI=1S/C15H17F3O/c1-14(9-5-2-6-10-14)13(19)11-7-3-4-8-12(11)15(16,17)18/h3-4,7-8H,2,5-6,9-10H2,1H3. The van der Waals surface area contributed by atoms with Crippen LogP contribution < -0.4 is 0 Å². The van der Waals surface area contributed by atoms with Gasteiger partial charge in [0.2, 0.25) is 0 Å². The van der Waals surface area contributed by atoms with Gasteiger partial charge < -0.3 is 0 Å². The zero-order valence-electron chi connectivity index (χ0n) is 10.9. The fourth-order valence-electron chi connectivity index (χ4n) is 2.81. The summed E-state index contributed by atoms with van der Waals surface area (Å²) >= 11 is 0. The van der Waals surface area contributed by atoms with E-state index in [0.717, 1.165) is 25.3 Å². The molecule has 0 bridgehead atoms. The van der Waals surface area contributed by atoms with Crippen LogP contribution in [0.4, 0.5) is 13.2 Å². The number of carbonyl (C=O) groups excluding carboxylic acids is 1. The van der Waals surface area contributed by atoms with E-state index in [4.69, 9.17) is 0 Å². The highest BCUT2D eigenvalue weighted by molar-refractivity contribution is 6.01. The van der Waals surface area contributed by atoms with E-state index in [9.17, 15) is 18.0 Å². The summed E-state index contributed by atoms with van der Waals surface area (Å²) in [6, 6.07) is 5.10. The largest absolute Gasteiger partial charge is 0.417 e. The maximum absolute atomic E-state index is 12.9. The fraction of sp³-hybridized carbons (Fsp3) is 0.533. The molecule has 4 heteroatoms. The van der Waals surface area contributed by atoms with E-state index in [-0.39, 0.29) is 11.3 Å². The zero-order chi connectivity index (χ0) is 14.1. The van der Waals surface area contributed by atoms with Gasteiger partial charge in [-0.2, -0.15) is 13.2 Å². The van der Waals surface area contributed by atoms with Crippen LogP contribution in [0.15, 0.2) is 24.3 Å². The summed E-state index contributed by atoms with van der Waals surface area (Å²) < 4.78 is 38.8. The van der Waals surface area contributed by atoms with Crippen LogP contribution in [0, 0.1) is 5.41 Å². The first kappa shape index (κ1) is 14.1. The lowest BCUT2D eigenvalue weighted by molar-refractivity contribution is -0.138. The predicted molar refractivity (Wildman–Crippen MR) is 67.0 cm³/mol. The van der Waals surface area contributed by atoms with Crippen molar-refractivity contribution in [2.24, 2.45) is 5.41 Å². The van der Waals surface area contributed by atoms with Gasteiger partial charge in [-0.25, -0.2) is 0 Å². The van der Waals surface area contributed by atoms with Crippen molar-refractivity contribution in [1.29, 1.82) is 0 Å². The van der Waals surface area contributed by atoms with Crippen LogP contribution in [0.3, 0.4) is 0 Å². The molecule has 1 saturated carbocycles. The lowest BCUT2D eigenvalue weighted by Gasteiger charge is -2.32. The average molecular weight is 270 g/mol. The van der Waals surface area contributed by atoms with Gasteiger partial charge in [0.15, 0.2) is 5.78 Å². The average Bonchev–Trinajstić information content (AvgIpc) is 2.38. The van der Waals surface area contributed by atoms with Crippen molar-refractivity contribution < 1.29 is 18.0 Å². The Morgan fingerprint density at radius 1 is 1.11 bits per heavy atom. The van der Waals surface area contributed by atoms with E-state index in [1.54, 1.807) is 6.92 Å². The number of hydrogen-bond acceptors (Lipinski definition) is 1. The van der Waals surface area contributed by atoms with Crippen molar-refractivity contribution in [2.75, 3.05) is 0 Å². The molecule has 0 N–H and O–H groups in total. The summed E-state index contributed by atoms with van der Waals surface area (Å²) in [5, 5.41) is 0. The van der Waals surface area contributed by atoms with Crippen LogP contribution >= 0.6 is 0 Å². The number of ketones is 1. The molecule has 2 rings (SSSR count). The van der Waals surface area contributed by atoms with E-state index < -0.39 is 17.2 Å². The molecule has 0 spiro atoms. The van der Waals surface area contributed by atoms with Gasteiger partial charge in [0.1, 0.15) is 0 Å². The topological polar surface area (TPSA) is 17.1 Å². The Bertz CT molecular complexity index is 471. The zero-order valence-corrected chi connectivity index (χ0v) is 10.9. The van der Waals surface area contributed by atoms with Gasteiger partial charge in [0.25, 0.3) is 0 Å². The third-order valence-corrected chi connectivity index (χ3v) is 3.98. The summed E-state index contributed by atoms with van der Waals surface area (Å²) in [4.78, 5) is 12.5. The molecule has 1 aliphatic rings. The molecule has 1 nitrogen and oxygen atoms in total. The normalized spacial score (nSPS) is 19.2. The molecule has 0 unspecified atom stereocenters. The minimum atomic E-state index is -4.47. The van der Waals surface area contributed by atoms with Gasteiger partial charge in [-0.05, 0) is 18.9 Å². The first-order valence-corrected chi connectivity index (χ1v) is 6.56. The van der Waals surface area contributed by atoms with Gasteiger partial charge in [-0.15, -0.1) is 0 Å². The van der Waals surface area contributed by atoms with Gasteiger partial charge in [0.05, 0.1) is 5.56 Å². The van der Waals surface area contributed by atoms with E-state index in [2.05, 4.69) is 0 Å². The van der Waals surface area contributed by atoms with Crippen molar-refractivity contribution in [3.05, 3.63) is 35.4 Å². The smallest absolute Gasteiger partial charge is 0.294 e. The molecule has 1 aromatic carbocycles. The van der Waals surface area contributed by atoms with E-state index >= 15 is 0 Å². The number of benzene rings is 1. The van der Waals surface area contributed by atoms with Crippen LogP contribution in [-0.2, 0) is 6.18 Å². The van der Waals surface area contributed by atoms with Crippen molar-refractivity contribution in [3.63, 3.8) is 0 Å². The SMILES string of the molecule is CC1(C(=O)c2ccccc2C(F)(F)F)CCCCC1. The summed E-state index contributed by atoms with van der Waals surface area (Å²) in [6.45, 7) is 1.79. The van der Waals surface area contributed by atoms with Gasteiger partial charge in [0, 0.05) is 11.0 Å². The van der Waals surface area contributed by atoms with Crippen LogP contribution in [0.1, 0.15) is 54.9 Å². The van der Waals surface area contributed by atoms with Gasteiger partial charge in [-0.1, -0.05) is 44.4 Å². The number of alkyl halides is 3. The van der Waals surface area contributed by atoms with Gasteiger partial charge in [-0.3, -0.25) is 4.79 Å². The van der Waals surface area contributed by atoms with Crippen molar-refractivity contribution >= 4 is 5.78 Å². The molecule has 1 fully saturated rings. The first-order valence-electron chi connectivity index (χ1n) is 6.56. The molecule has 104 valence electrons. The molecule has 1 aliphatic carbocycles. The number of carbonyl (C=O) groups is 1. The molecule has 0 amide bonds. The highest BCUT2D eigenvalue weighted by Crippen LogP contribution is 2.41. The maximum Gasteiger partial charge on any atom is 0.417 e. The Kier molecular flexibility index (Phi) is 3.70. The molecule has 19 heavy (non-hydrogen) atoms. The molecular weight excluding hydrogens is 253 g/mol. The highest BCUT2D eigenvalue weighted by atomic mass is 19.4. The van der Waals surface area contributed by atoms with E-state index in [0.29, 0.717) is 12.8 Å². The monoisotopic (exact) mass is 270 g/mol. The Labute approximate surface area is 110 Å². The molecule has 0 aromatic heterocycles. The summed E-state index contributed by atoms with van der Waals surface area (Å²) in [7, 11) is 0. The fourth-order valence-corrected chi connectivity index (χ4v) is 2.81.